The summed E-state index contributed by atoms with van der Waals surface area (Å²) < 4.78 is 1.96. The van der Waals surface area contributed by atoms with Crippen molar-refractivity contribution in [1.82, 2.24) is 4.57 Å². The lowest BCUT2D eigenvalue weighted by molar-refractivity contribution is 0.101. The Morgan fingerprint density at radius 3 is 2.94 bits per heavy atom. The van der Waals surface area contributed by atoms with Crippen molar-refractivity contribution in [3.8, 4) is 0 Å². The van der Waals surface area contributed by atoms with Gasteiger partial charge in [0.05, 0.1) is 6.61 Å². The number of hydrogen-bond donors (Lipinski definition) is 1. The Balaban J connectivity index is 2.80. The molecule has 3 heteroatoms. The van der Waals surface area contributed by atoms with Crippen LogP contribution in [0.2, 0.25) is 0 Å². The van der Waals surface area contributed by atoms with Gasteiger partial charge in [0.25, 0.3) is 0 Å². The number of benzene rings is 1. The summed E-state index contributed by atoms with van der Waals surface area (Å²) >= 11 is 0. The molecule has 0 aliphatic heterocycles. The minimum atomic E-state index is 0.0432. The third-order valence-electron chi connectivity index (χ3n) is 2.82. The van der Waals surface area contributed by atoms with Crippen LogP contribution in [0.25, 0.3) is 10.9 Å². The molecule has 83 valence electrons. The highest BCUT2D eigenvalue weighted by atomic mass is 16.3. The maximum atomic E-state index is 11.6. The Hall–Kier alpha value is -1.61. The van der Waals surface area contributed by atoms with Gasteiger partial charge in [-0.1, -0.05) is 12.1 Å². The fourth-order valence-electron chi connectivity index (χ4n) is 2.17. The van der Waals surface area contributed by atoms with E-state index in [-0.39, 0.29) is 12.4 Å². The number of Topliss-reactive ketones (excluding diaryl/α,β-unsaturated/α-hetero) is 1. The number of nitrogens with zero attached hydrogens (tertiary/aromatic N) is 1. The molecule has 2 aromatic rings. The normalized spacial score (nSPS) is 10.9. The molecular formula is C13H14NO2. The number of ketones is 1. The summed E-state index contributed by atoms with van der Waals surface area (Å²) in [6.45, 7) is 4.04. The maximum Gasteiger partial charge on any atom is 0.162 e. The Bertz CT molecular complexity index is 540. The van der Waals surface area contributed by atoms with Gasteiger partial charge in [0.2, 0.25) is 0 Å². The molecule has 0 atom stereocenters. The lowest BCUT2D eigenvalue weighted by atomic mass is 10.1. The molecule has 0 saturated heterocycles. The van der Waals surface area contributed by atoms with Crippen molar-refractivity contribution in [2.45, 2.75) is 20.4 Å². The van der Waals surface area contributed by atoms with Crippen LogP contribution in [0.15, 0.2) is 18.2 Å². The van der Waals surface area contributed by atoms with Crippen molar-refractivity contribution in [3.63, 3.8) is 0 Å². The minimum Gasteiger partial charge on any atom is -0.395 e. The molecule has 0 aliphatic carbocycles. The highest BCUT2D eigenvalue weighted by molar-refractivity contribution is 6.08. The van der Waals surface area contributed by atoms with Crippen molar-refractivity contribution in [2.75, 3.05) is 6.61 Å². The number of aliphatic hydroxyl groups is 1. The Labute approximate surface area is 94.3 Å². The Morgan fingerprint density at radius 2 is 2.31 bits per heavy atom. The summed E-state index contributed by atoms with van der Waals surface area (Å²) in [5.74, 6) is 0.0432. The number of carbonyl (C=O) groups excluding carboxylic acids is 1. The number of aliphatic hydroxyl groups excluding tert-OH is 1. The second kappa shape index (κ2) is 4.10. The van der Waals surface area contributed by atoms with E-state index in [1.807, 2.05) is 23.6 Å². The second-order valence-electron chi connectivity index (χ2n) is 3.82. The second-order valence-corrected chi connectivity index (χ2v) is 3.82. The SMILES string of the molecule is CC(=O)c1c(C)n(CCO)c2ccc[c]c12. The molecule has 1 aromatic carbocycles. The molecule has 0 unspecified atom stereocenters. The van der Waals surface area contributed by atoms with Gasteiger partial charge in [-0.05, 0) is 26.0 Å². The van der Waals surface area contributed by atoms with Crippen LogP contribution < -0.4 is 0 Å². The first-order chi connectivity index (χ1) is 7.66. The van der Waals surface area contributed by atoms with E-state index in [0.717, 1.165) is 16.6 Å². The van der Waals surface area contributed by atoms with Crippen LogP contribution in [-0.2, 0) is 6.54 Å². The standard InChI is InChI=1S/C13H14NO2/c1-9-13(10(2)16)11-5-3-4-6-12(11)14(9)7-8-15/h3-4,6,15H,7-8H2,1-2H3. The van der Waals surface area contributed by atoms with E-state index in [1.54, 1.807) is 13.0 Å². The zero-order valence-electron chi connectivity index (χ0n) is 9.45. The first kappa shape index (κ1) is 10.9. The molecule has 0 spiro atoms. The molecular weight excluding hydrogens is 202 g/mol. The van der Waals surface area contributed by atoms with Gasteiger partial charge in [0.1, 0.15) is 0 Å². The predicted octanol–water partition coefficient (Wildman–Crippen LogP) is 1.94. The predicted molar refractivity (Wildman–Crippen MR) is 62.6 cm³/mol. The van der Waals surface area contributed by atoms with Crippen molar-refractivity contribution >= 4 is 16.7 Å². The smallest absolute Gasteiger partial charge is 0.162 e. The van der Waals surface area contributed by atoms with E-state index < -0.39 is 0 Å². The molecule has 2 rings (SSSR count). The first-order valence-corrected chi connectivity index (χ1v) is 5.28. The average molecular weight is 216 g/mol. The summed E-state index contributed by atoms with van der Waals surface area (Å²) in [6.07, 6.45) is 0. The largest absolute Gasteiger partial charge is 0.395 e. The van der Waals surface area contributed by atoms with Crippen molar-refractivity contribution in [1.29, 1.82) is 0 Å². The fourth-order valence-corrected chi connectivity index (χ4v) is 2.17. The molecule has 1 aromatic heterocycles. The topological polar surface area (TPSA) is 42.2 Å². The van der Waals surface area contributed by atoms with Gasteiger partial charge in [-0.15, -0.1) is 0 Å². The van der Waals surface area contributed by atoms with Gasteiger partial charge in [0, 0.05) is 28.7 Å². The molecule has 0 aliphatic rings. The molecule has 1 radical (unpaired) electrons. The van der Waals surface area contributed by atoms with Gasteiger partial charge >= 0.3 is 0 Å². The molecule has 1 N–H and O–H groups in total. The Morgan fingerprint density at radius 1 is 1.56 bits per heavy atom. The number of fused-ring (bicyclic) bond motifs is 1. The van der Waals surface area contributed by atoms with E-state index in [2.05, 4.69) is 6.07 Å². The minimum absolute atomic E-state index is 0.0432. The zero-order chi connectivity index (χ0) is 11.7. The van der Waals surface area contributed by atoms with Crippen LogP contribution in [0.5, 0.6) is 0 Å². The van der Waals surface area contributed by atoms with Gasteiger partial charge in [-0.2, -0.15) is 0 Å². The van der Waals surface area contributed by atoms with E-state index in [0.29, 0.717) is 12.1 Å². The summed E-state index contributed by atoms with van der Waals surface area (Å²) in [7, 11) is 0. The maximum absolute atomic E-state index is 11.6. The van der Waals surface area contributed by atoms with Crippen LogP contribution in [0.3, 0.4) is 0 Å². The molecule has 3 nitrogen and oxygen atoms in total. The van der Waals surface area contributed by atoms with Gasteiger partial charge in [-0.25, -0.2) is 0 Å². The molecule has 16 heavy (non-hydrogen) atoms. The molecule has 1 heterocycles. The van der Waals surface area contributed by atoms with Crippen molar-refractivity contribution in [2.24, 2.45) is 0 Å². The van der Waals surface area contributed by atoms with E-state index in [4.69, 9.17) is 5.11 Å². The highest BCUT2D eigenvalue weighted by Gasteiger charge is 2.16. The van der Waals surface area contributed by atoms with Crippen molar-refractivity contribution < 1.29 is 9.90 Å². The molecule has 0 bridgehead atoms. The summed E-state index contributed by atoms with van der Waals surface area (Å²) in [6, 6.07) is 8.73. The van der Waals surface area contributed by atoms with Crippen molar-refractivity contribution in [3.05, 3.63) is 35.5 Å². The van der Waals surface area contributed by atoms with Crippen LogP contribution >= 0.6 is 0 Å². The number of aromatic nitrogens is 1. The summed E-state index contributed by atoms with van der Waals surface area (Å²) in [4.78, 5) is 11.6. The van der Waals surface area contributed by atoms with E-state index in [9.17, 15) is 4.79 Å². The molecule has 0 amide bonds. The monoisotopic (exact) mass is 216 g/mol. The van der Waals surface area contributed by atoms with Crippen LogP contribution in [0, 0.1) is 13.0 Å². The zero-order valence-corrected chi connectivity index (χ0v) is 9.45. The van der Waals surface area contributed by atoms with Crippen LogP contribution in [0.4, 0.5) is 0 Å². The van der Waals surface area contributed by atoms with Gasteiger partial charge in [-0.3, -0.25) is 4.79 Å². The number of hydrogen-bond acceptors (Lipinski definition) is 2. The summed E-state index contributed by atoms with van der Waals surface area (Å²) in [5.41, 5.74) is 2.57. The van der Waals surface area contributed by atoms with Gasteiger partial charge < -0.3 is 9.67 Å². The van der Waals surface area contributed by atoms with E-state index >= 15 is 0 Å². The lowest BCUT2D eigenvalue weighted by Crippen LogP contribution is -2.05. The fraction of sp³-hybridized carbons (Fsp3) is 0.308. The van der Waals surface area contributed by atoms with Crippen LogP contribution in [-0.4, -0.2) is 22.1 Å². The third-order valence-corrected chi connectivity index (χ3v) is 2.82. The quantitative estimate of drug-likeness (QED) is 0.797. The Kier molecular flexibility index (Phi) is 2.79. The number of carbonyl (C=O) groups is 1. The lowest BCUT2D eigenvalue weighted by Gasteiger charge is -2.05. The molecule has 0 saturated carbocycles. The first-order valence-electron chi connectivity index (χ1n) is 5.28. The summed E-state index contributed by atoms with van der Waals surface area (Å²) in [5, 5.41) is 9.88. The van der Waals surface area contributed by atoms with E-state index in [1.165, 1.54) is 0 Å². The van der Waals surface area contributed by atoms with Crippen LogP contribution in [0.1, 0.15) is 23.0 Å². The third kappa shape index (κ3) is 1.53. The highest BCUT2D eigenvalue weighted by Crippen LogP contribution is 2.25. The average Bonchev–Trinajstić information content (AvgIpc) is 2.53. The number of rotatable bonds is 3. The van der Waals surface area contributed by atoms with Gasteiger partial charge in [0.15, 0.2) is 5.78 Å². The molecule has 0 fully saturated rings.